The quantitative estimate of drug-likeness (QED) is 0.897. The number of hydrogen-bond donors (Lipinski definition) is 2. The van der Waals surface area contributed by atoms with E-state index in [1.54, 1.807) is 0 Å². The molecular formula is C13H17N3O3S2. The number of aliphatic hydroxyl groups excluding tert-OH is 1. The lowest BCUT2D eigenvalue weighted by molar-refractivity contribution is 0.281. The minimum Gasteiger partial charge on any atom is -0.392 e. The maximum absolute atomic E-state index is 12.2. The summed E-state index contributed by atoms with van der Waals surface area (Å²) in [5.74, 6) is 0. The zero-order valence-electron chi connectivity index (χ0n) is 12.0. The van der Waals surface area contributed by atoms with Crippen molar-refractivity contribution in [3.05, 3.63) is 35.0 Å². The number of nitrogens with zero attached hydrogens (tertiary/aromatic N) is 2. The third kappa shape index (κ3) is 3.78. The van der Waals surface area contributed by atoms with Crippen molar-refractivity contribution in [1.29, 1.82) is 0 Å². The fourth-order valence-corrected chi connectivity index (χ4v) is 3.62. The molecule has 8 heteroatoms. The number of rotatable bonds is 4. The fourth-order valence-electron chi connectivity index (χ4n) is 1.50. The Morgan fingerprint density at radius 3 is 2.52 bits per heavy atom. The minimum absolute atomic E-state index is 0.104. The van der Waals surface area contributed by atoms with Crippen molar-refractivity contribution in [3.8, 4) is 0 Å². The zero-order chi connectivity index (χ0) is 15.7. The van der Waals surface area contributed by atoms with E-state index in [-0.39, 0.29) is 17.0 Å². The molecule has 0 fully saturated rings. The van der Waals surface area contributed by atoms with Crippen LogP contribution < -0.4 is 4.72 Å². The van der Waals surface area contributed by atoms with Crippen molar-refractivity contribution >= 4 is 26.5 Å². The Morgan fingerprint density at radius 1 is 1.33 bits per heavy atom. The fraction of sp³-hybridized carbons (Fsp3) is 0.385. The molecule has 0 amide bonds. The van der Waals surface area contributed by atoms with Crippen molar-refractivity contribution in [2.24, 2.45) is 0 Å². The molecule has 114 valence electrons. The second-order valence-electron chi connectivity index (χ2n) is 5.56. The van der Waals surface area contributed by atoms with E-state index in [0.29, 0.717) is 10.7 Å². The number of hydrogen-bond acceptors (Lipinski definition) is 6. The van der Waals surface area contributed by atoms with E-state index in [9.17, 15) is 8.42 Å². The predicted molar refractivity (Wildman–Crippen MR) is 81.8 cm³/mol. The topological polar surface area (TPSA) is 92.2 Å². The van der Waals surface area contributed by atoms with Crippen molar-refractivity contribution in [2.75, 3.05) is 4.72 Å². The normalized spacial score (nSPS) is 12.4. The molecule has 0 spiro atoms. The molecule has 0 atom stereocenters. The maximum atomic E-state index is 12.2. The Labute approximate surface area is 127 Å². The van der Waals surface area contributed by atoms with Crippen LogP contribution in [0.25, 0.3) is 0 Å². The van der Waals surface area contributed by atoms with Gasteiger partial charge < -0.3 is 5.11 Å². The van der Waals surface area contributed by atoms with Crippen LogP contribution in [0.2, 0.25) is 0 Å². The molecule has 0 saturated carbocycles. The molecule has 2 N–H and O–H groups in total. The molecule has 2 aromatic heterocycles. The molecule has 21 heavy (non-hydrogen) atoms. The van der Waals surface area contributed by atoms with Gasteiger partial charge in [0.2, 0.25) is 0 Å². The Bertz CT molecular complexity index is 716. The summed E-state index contributed by atoms with van der Waals surface area (Å²) in [6, 6.07) is 2.87. The van der Waals surface area contributed by atoms with Crippen molar-refractivity contribution in [3.63, 3.8) is 0 Å². The summed E-state index contributed by atoms with van der Waals surface area (Å²) in [4.78, 5) is 8.13. The first-order chi connectivity index (χ1) is 9.72. The number of thiazole rings is 1. The van der Waals surface area contributed by atoms with E-state index >= 15 is 0 Å². The third-order valence-corrected chi connectivity index (χ3v) is 4.89. The van der Waals surface area contributed by atoms with Gasteiger partial charge >= 0.3 is 0 Å². The highest BCUT2D eigenvalue weighted by molar-refractivity contribution is 7.92. The van der Waals surface area contributed by atoms with E-state index in [2.05, 4.69) is 14.7 Å². The maximum Gasteiger partial charge on any atom is 0.281 e. The number of anilines is 1. The molecule has 2 heterocycles. The smallest absolute Gasteiger partial charge is 0.281 e. The lowest BCUT2D eigenvalue weighted by Crippen LogP contribution is -2.15. The molecule has 2 rings (SSSR count). The number of aliphatic hydroxyl groups is 1. The molecule has 0 radical (unpaired) electrons. The predicted octanol–water partition coefficient (Wildman–Crippen LogP) is 2.13. The Morgan fingerprint density at radius 2 is 2.05 bits per heavy atom. The monoisotopic (exact) mass is 327 g/mol. The number of aromatic nitrogens is 2. The van der Waals surface area contributed by atoms with Crippen LogP contribution in [0.1, 0.15) is 32.0 Å². The number of sulfonamides is 1. The summed E-state index contributed by atoms with van der Waals surface area (Å²) < 4.78 is 26.8. The first kappa shape index (κ1) is 15.9. The van der Waals surface area contributed by atoms with Crippen LogP contribution in [0.4, 0.5) is 5.13 Å². The van der Waals surface area contributed by atoms with E-state index < -0.39 is 10.0 Å². The van der Waals surface area contributed by atoms with E-state index in [0.717, 1.165) is 5.69 Å². The van der Waals surface area contributed by atoms with Crippen LogP contribution in [0.15, 0.2) is 28.7 Å². The highest BCUT2D eigenvalue weighted by Gasteiger charge is 2.21. The minimum atomic E-state index is -3.77. The Hall–Kier alpha value is -1.51. The number of nitrogens with one attached hydrogen (secondary N) is 1. The second kappa shape index (κ2) is 5.70. The summed E-state index contributed by atoms with van der Waals surface area (Å²) in [5.41, 5.74) is 1.24. The van der Waals surface area contributed by atoms with Gasteiger partial charge in [-0.25, -0.2) is 9.97 Å². The summed E-state index contributed by atoms with van der Waals surface area (Å²) in [6.07, 6.45) is 1.33. The lowest BCUT2D eigenvalue weighted by atomic mass is 9.93. The summed E-state index contributed by atoms with van der Waals surface area (Å²) in [6.45, 7) is 5.85. The van der Waals surface area contributed by atoms with Gasteiger partial charge in [-0.05, 0) is 11.6 Å². The molecule has 0 aliphatic heterocycles. The van der Waals surface area contributed by atoms with Crippen LogP contribution in [-0.2, 0) is 22.0 Å². The third-order valence-electron chi connectivity index (χ3n) is 2.75. The molecule has 0 aliphatic rings. The molecule has 0 aromatic carbocycles. The van der Waals surface area contributed by atoms with Gasteiger partial charge in [0.05, 0.1) is 12.3 Å². The molecular weight excluding hydrogens is 310 g/mol. The first-order valence-electron chi connectivity index (χ1n) is 6.27. The summed E-state index contributed by atoms with van der Waals surface area (Å²) in [5, 5.41) is 11.0. The summed E-state index contributed by atoms with van der Waals surface area (Å²) in [7, 11) is -3.77. The van der Waals surface area contributed by atoms with Crippen LogP contribution >= 0.6 is 11.3 Å². The average Bonchev–Trinajstić information content (AvgIpc) is 2.86. The SMILES string of the molecule is CC(C)(C)c1csc(NS(=O)(=O)c2ccc(CO)cn2)n1. The van der Waals surface area contributed by atoms with Crippen LogP contribution in [0.5, 0.6) is 0 Å². The Balaban J connectivity index is 2.22. The molecule has 0 unspecified atom stereocenters. The molecule has 0 aliphatic carbocycles. The van der Waals surface area contributed by atoms with Gasteiger partial charge in [-0.1, -0.05) is 26.8 Å². The van der Waals surface area contributed by atoms with Gasteiger partial charge in [0.25, 0.3) is 10.0 Å². The van der Waals surface area contributed by atoms with Gasteiger partial charge in [0.1, 0.15) is 0 Å². The van der Waals surface area contributed by atoms with Gasteiger partial charge in [0.15, 0.2) is 10.2 Å². The standard InChI is InChI=1S/C13H17N3O3S2/c1-13(2,3)10-8-20-12(15-10)16-21(18,19)11-5-4-9(7-17)6-14-11/h4-6,8,17H,7H2,1-3H3,(H,15,16). The van der Waals surface area contributed by atoms with E-state index in [1.807, 2.05) is 26.2 Å². The summed E-state index contributed by atoms with van der Waals surface area (Å²) >= 11 is 1.24. The van der Waals surface area contributed by atoms with Gasteiger partial charge in [-0.15, -0.1) is 11.3 Å². The molecule has 6 nitrogen and oxygen atoms in total. The van der Waals surface area contributed by atoms with E-state index in [1.165, 1.54) is 29.7 Å². The van der Waals surface area contributed by atoms with Crippen molar-refractivity contribution < 1.29 is 13.5 Å². The first-order valence-corrected chi connectivity index (χ1v) is 8.63. The lowest BCUT2D eigenvalue weighted by Gasteiger charge is -2.14. The molecule has 0 saturated heterocycles. The van der Waals surface area contributed by atoms with Gasteiger partial charge in [0, 0.05) is 17.0 Å². The highest BCUT2D eigenvalue weighted by atomic mass is 32.2. The van der Waals surface area contributed by atoms with Crippen molar-refractivity contribution in [2.45, 2.75) is 37.8 Å². The molecule has 0 bridgehead atoms. The molecule has 2 aromatic rings. The highest BCUT2D eigenvalue weighted by Crippen LogP contribution is 2.27. The van der Waals surface area contributed by atoms with Crippen LogP contribution in [0, 0.1) is 0 Å². The Kier molecular flexibility index (Phi) is 4.31. The van der Waals surface area contributed by atoms with Gasteiger partial charge in [-0.2, -0.15) is 8.42 Å². The van der Waals surface area contributed by atoms with Crippen molar-refractivity contribution in [1.82, 2.24) is 9.97 Å². The number of pyridine rings is 1. The van der Waals surface area contributed by atoms with E-state index in [4.69, 9.17) is 5.11 Å². The van der Waals surface area contributed by atoms with Crippen LogP contribution in [-0.4, -0.2) is 23.5 Å². The van der Waals surface area contributed by atoms with Crippen LogP contribution in [0.3, 0.4) is 0 Å². The second-order valence-corrected chi connectivity index (χ2v) is 8.04. The largest absolute Gasteiger partial charge is 0.392 e. The van der Waals surface area contributed by atoms with Gasteiger partial charge in [-0.3, -0.25) is 4.72 Å². The zero-order valence-corrected chi connectivity index (χ0v) is 13.6. The average molecular weight is 327 g/mol.